The minimum absolute atomic E-state index is 0.773. The summed E-state index contributed by atoms with van der Waals surface area (Å²) in [4.78, 5) is 0. The van der Waals surface area contributed by atoms with E-state index in [0.717, 1.165) is 23.6 Å². The molecule has 3 rings (SSSR count). The summed E-state index contributed by atoms with van der Waals surface area (Å²) in [6.07, 6.45) is 4.44. The number of benzene rings is 2. The van der Waals surface area contributed by atoms with E-state index in [1.807, 2.05) is 18.2 Å². The maximum atomic E-state index is 5.95. The normalized spacial score (nSPS) is 13.7. The lowest BCUT2D eigenvalue weighted by atomic mass is 9.87. The van der Waals surface area contributed by atoms with E-state index in [2.05, 4.69) is 30.3 Å². The fraction of sp³-hybridized carbons (Fsp3) is 0.176. The van der Waals surface area contributed by atoms with Crippen LogP contribution in [0.2, 0.25) is 5.02 Å². The van der Waals surface area contributed by atoms with Crippen LogP contribution in [0.3, 0.4) is 0 Å². The summed E-state index contributed by atoms with van der Waals surface area (Å²) < 4.78 is 5.30. The zero-order valence-corrected chi connectivity index (χ0v) is 11.6. The Bertz CT molecular complexity index is 626. The van der Waals surface area contributed by atoms with Crippen molar-refractivity contribution in [2.45, 2.75) is 12.8 Å². The first kappa shape index (κ1) is 12.3. The Balaban J connectivity index is 2.05. The van der Waals surface area contributed by atoms with Gasteiger partial charge < -0.3 is 4.74 Å². The van der Waals surface area contributed by atoms with Gasteiger partial charge in [-0.3, -0.25) is 0 Å². The molecule has 0 radical (unpaired) electrons. The number of halogens is 1. The van der Waals surface area contributed by atoms with E-state index < -0.39 is 0 Å². The third kappa shape index (κ3) is 2.39. The molecule has 0 saturated heterocycles. The quantitative estimate of drug-likeness (QED) is 0.767. The molecule has 0 N–H and O–H groups in total. The van der Waals surface area contributed by atoms with Crippen molar-refractivity contribution >= 4 is 17.2 Å². The summed E-state index contributed by atoms with van der Waals surface area (Å²) in [5.74, 6) is 0.927. The maximum Gasteiger partial charge on any atom is 0.119 e. The minimum Gasteiger partial charge on any atom is -0.497 e. The summed E-state index contributed by atoms with van der Waals surface area (Å²) in [6, 6.07) is 14.3. The van der Waals surface area contributed by atoms with Crippen molar-refractivity contribution in [3.8, 4) is 5.75 Å². The van der Waals surface area contributed by atoms with E-state index in [0.29, 0.717) is 0 Å². The number of aryl methyl sites for hydroxylation is 1. The Kier molecular flexibility index (Phi) is 3.31. The van der Waals surface area contributed by atoms with E-state index in [9.17, 15) is 0 Å². The van der Waals surface area contributed by atoms with E-state index in [1.165, 1.54) is 22.3 Å². The molecule has 96 valence electrons. The van der Waals surface area contributed by atoms with Gasteiger partial charge in [-0.15, -0.1) is 0 Å². The van der Waals surface area contributed by atoms with Crippen LogP contribution in [-0.4, -0.2) is 7.11 Å². The van der Waals surface area contributed by atoms with Crippen LogP contribution in [0.4, 0.5) is 0 Å². The highest BCUT2D eigenvalue weighted by atomic mass is 35.5. The molecule has 0 atom stereocenters. The zero-order valence-electron chi connectivity index (χ0n) is 10.8. The largest absolute Gasteiger partial charge is 0.497 e. The van der Waals surface area contributed by atoms with Crippen LogP contribution in [0.5, 0.6) is 5.75 Å². The van der Waals surface area contributed by atoms with Crippen LogP contribution in [0.15, 0.2) is 48.5 Å². The molecule has 0 bridgehead atoms. The smallest absolute Gasteiger partial charge is 0.119 e. The van der Waals surface area contributed by atoms with Crippen LogP contribution in [-0.2, 0) is 6.42 Å². The lowest BCUT2D eigenvalue weighted by Crippen LogP contribution is -2.01. The Morgan fingerprint density at radius 2 is 1.84 bits per heavy atom. The molecular weight excluding hydrogens is 256 g/mol. The van der Waals surface area contributed by atoms with Gasteiger partial charge in [0.2, 0.25) is 0 Å². The molecule has 19 heavy (non-hydrogen) atoms. The van der Waals surface area contributed by atoms with Gasteiger partial charge in [-0.1, -0.05) is 35.9 Å². The molecule has 0 amide bonds. The fourth-order valence-electron chi connectivity index (χ4n) is 2.55. The van der Waals surface area contributed by atoms with E-state index in [1.54, 1.807) is 7.11 Å². The average Bonchev–Trinajstić information content (AvgIpc) is 2.47. The highest BCUT2D eigenvalue weighted by Crippen LogP contribution is 2.34. The number of rotatable bonds is 2. The summed E-state index contributed by atoms with van der Waals surface area (Å²) in [6.45, 7) is 0. The summed E-state index contributed by atoms with van der Waals surface area (Å²) in [5, 5.41) is 0.773. The predicted octanol–water partition coefficient (Wildman–Crippen LogP) is 4.73. The van der Waals surface area contributed by atoms with Gasteiger partial charge in [-0.05, 0) is 59.4 Å². The lowest BCUT2D eigenvalue weighted by Gasteiger charge is -2.19. The molecular formula is C17H15ClO. The second-order valence-corrected chi connectivity index (χ2v) is 5.12. The van der Waals surface area contributed by atoms with Gasteiger partial charge in [-0.25, -0.2) is 0 Å². The Hall–Kier alpha value is -1.73. The third-order valence-corrected chi connectivity index (χ3v) is 3.77. The van der Waals surface area contributed by atoms with Crippen molar-refractivity contribution < 1.29 is 4.74 Å². The molecule has 1 aliphatic carbocycles. The summed E-state index contributed by atoms with van der Waals surface area (Å²) in [7, 11) is 1.71. The molecule has 0 aromatic heterocycles. The zero-order chi connectivity index (χ0) is 13.2. The SMILES string of the molecule is COc1ccc2c(c1)CCC=C2c1ccc(Cl)cc1. The molecule has 0 heterocycles. The molecule has 0 spiro atoms. The van der Waals surface area contributed by atoms with E-state index in [4.69, 9.17) is 16.3 Å². The second-order valence-electron chi connectivity index (χ2n) is 4.69. The van der Waals surface area contributed by atoms with Gasteiger partial charge >= 0.3 is 0 Å². The summed E-state index contributed by atoms with van der Waals surface area (Å²) >= 11 is 5.95. The van der Waals surface area contributed by atoms with Gasteiger partial charge in [0.1, 0.15) is 5.75 Å². The predicted molar refractivity (Wildman–Crippen MR) is 79.8 cm³/mol. The van der Waals surface area contributed by atoms with Gasteiger partial charge in [-0.2, -0.15) is 0 Å². The first-order valence-electron chi connectivity index (χ1n) is 6.41. The van der Waals surface area contributed by atoms with Crippen molar-refractivity contribution in [2.75, 3.05) is 7.11 Å². The van der Waals surface area contributed by atoms with Crippen LogP contribution in [0.1, 0.15) is 23.1 Å². The number of hydrogen-bond acceptors (Lipinski definition) is 1. The highest BCUT2D eigenvalue weighted by Gasteiger charge is 2.14. The fourth-order valence-corrected chi connectivity index (χ4v) is 2.68. The van der Waals surface area contributed by atoms with Gasteiger partial charge in [0.25, 0.3) is 0 Å². The van der Waals surface area contributed by atoms with Crippen LogP contribution < -0.4 is 4.74 Å². The van der Waals surface area contributed by atoms with Crippen molar-refractivity contribution in [2.24, 2.45) is 0 Å². The van der Waals surface area contributed by atoms with Crippen LogP contribution >= 0.6 is 11.6 Å². The Morgan fingerprint density at radius 1 is 1.05 bits per heavy atom. The molecule has 0 aliphatic heterocycles. The van der Waals surface area contributed by atoms with Gasteiger partial charge in [0.15, 0.2) is 0 Å². The number of fused-ring (bicyclic) bond motifs is 1. The van der Waals surface area contributed by atoms with Gasteiger partial charge in [0.05, 0.1) is 7.11 Å². The first-order chi connectivity index (χ1) is 9.28. The first-order valence-corrected chi connectivity index (χ1v) is 6.79. The Labute approximate surface area is 118 Å². The monoisotopic (exact) mass is 270 g/mol. The average molecular weight is 271 g/mol. The molecule has 1 aliphatic rings. The van der Waals surface area contributed by atoms with Crippen molar-refractivity contribution in [3.63, 3.8) is 0 Å². The second kappa shape index (κ2) is 5.10. The maximum absolute atomic E-state index is 5.95. The topological polar surface area (TPSA) is 9.23 Å². The molecule has 2 aromatic rings. The van der Waals surface area contributed by atoms with Gasteiger partial charge in [0, 0.05) is 5.02 Å². The molecule has 1 nitrogen and oxygen atoms in total. The van der Waals surface area contributed by atoms with E-state index in [-0.39, 0.29) is 0 Å². The van der Waals surface area contributed by atoms with Crippen molar-refractivity contribution in [1.29, 1.82) is 0 Å². The Morgan fingerprint density at radius 3 is 2.58 bits per heavy atom. The third-order valence-electron chi connectivity index (χ3n) is 3.52. The van der Waals surface area contributed by atoms with Crippen molar-refractivity contribution in [1.82, 2.24) is 0 Å². The number of ether oxygens (including phenoxy) is 1. The number of hydrogen-bond donors (Lipinski definition) is 0. The van der Waals surface area contributed by atoms with Crippen LogP contribution in [0.25, 0.3) is 5.57 Å². The standard InChI is InChI=1S/C17H15ClO/c1-19-15-9-10-17-13(11-15)3-2-4-16(17)12-5-7-14(18)8-6-12/h4-11H,2-3H2,1H3. The van der Waals surface area contributed by atoms with Crippen LogP contribution in [0, 0.1) is 0 Å². The molecule has 0 fully saturated rings. The molecule has 2 heteroatoms. The highest BCUT2D eigenvalue weighted by molar-refractivity contribution is 6.30. The number of allylic oxidation sites excluding steroid dienone is 1. The molecule has 2 aromatic carbocycles. The summed E-state index contributed by atoms with van der Waals surface area (Å²) in [5.41, 5.74) is 5.16. The minimum atomic E-state index is 0.773. The molecule has 0 saturated carbocycles. The number of methoxy groups -OCH3 is 1. The molecule has 0 unspecified atom stereocenters. The lowest BCUT2D eigenvalue weighted by molar-refractivity contribution is 0.414. The van der Waals surface area contributed by atoms with Crippen molar-refractivity contribution in [3.05, 3.63) is 70.3 Å². The van der Waals surface area contributed by atoms with E-state index >= 15 is 0 Å².